The van der Waals surface area contributed by atoms with E-state index in [1.54, 1.807) is 0 Å². The van der Waals surface area contributed by atoms with Gasteiger partial charge in [0, 0.05) is 6.54 Å². The van der Waals surface area contributed by atoms with E-state index in [0.29, 0.717) is 23.7 Å². The Bertz CT molecular complexity index is 1370. The second kappa shape index (κ2) is 13.0. The van der Waals surface area contributed by atoms with E-state index in [2.05, 4.69) is 37.4 Å². The number of carbonyl (C=O) groups is 1. The third-order valence-corrected chi connectivity index (χ3v) is 14.0. The van der Waals surface area contributed by atoms with Gasteiger partial charge < -0.3 is 20.3 Å². The second-order valence-corrected chi connectivity index (χ2v) is 16.4. The molecule has 4 N–H and O–H groups in total. The number of halogens is 3. The quantitative estimate of drug-likeness (QED) is 0.238. The summed E-state index contributed by atoms with van der Waals surface area (Å²) in [5.41, 5.74) is 0.0480. The average Bonchev–Trinajstić information content (AvgIpc) is 3.28. The van der Waals surface area contributed by atoms with E-state index in [0.717, 1.165) is 82.1 Å². The Morgan fingerprint density at radius 3 is 2.33 bits per heavy atom. The Hall–Kier alpha value is -2.31. The van der Waals surface area contributed by atoms with Crippen molar-refractivity contribution in [1.82, 2.24) is 10.0 Å². The molecule has 4 saturated carbocycles. The molecular formula is C34H49F3N2O6S. The predicted molar refractivity (Wildman–Crippen MR) is 167 cm³/mol. The molecule has 0 aliphatic heterocycles. The van der Waals surface area contributed by atoms with Crippen LogP contribution in [0.25, 0.3) is 0 Å². The molecule has 5 rings (SSSR count). The average molecular weight is 671 g/mol. The lowest BCUT2D eigenvalue weighted by atomic mass is 9.48. The number of alkyl halides is 3. The van der Waals surface area contributed by atoms with E-state index in [1.807, 2.05) is 10.8 Å². The Morgan fingerprint density at radius 2 is 1.70 bits per heavy atom. The molecule has 12 heteroatoms. The molecule has 8 nitrogen and oxygen atoms in total. The Kier molecular flexibility index (Phi) is 9.86. The maximum atomic E-state index is 12.7. The number of fused-ring (bicyclic) bond motifs is 5. The molecular weight excluding hydrogens is 621 g/mol. The molecule has 4 fully saturated rings. The highest BCUT2D eigenvalue weighted by Gasteiger charge is 2.62. The van der Waals surface area contributed by atoms with E-state index < -0.39 is 34.3 Å². The highest BCUT2D eigenvalue weighted by molar-refractivity contribution is 7.90. The molecule has 0 heterocycles. The van der Waals surface area contributed by atoms with Gasteiger partial charge >= 0.3 is 12.4 Å². The number of carbonyl (C=O) groups excluding carboxylic acids is 1. The maximum absolute atomic E-state index is 12.7. The van der Waals surface area contributed by atoms with Crippen molar-refractivity contribution in [1.29, 1.82) is 0 Å². The van der Waals surface area contributed by atoms with Crippen molar-refractivity contribution >= 4 is 16.1 Å². The number of aliphatic hydroxyl groups excluding tert-OH is 2. The largest absolute Gasteiger partial charge is 0.573 e. The molecule has 1 aromatic carbocycles. The van der Waals surface area contributed by atoms with Crippen molar-refractivity contribution in [3.63, 3.8) is 0 Å². The molecule has 3 unspecified atom stereocenters. The van der Waals surface area contributed by atoms with Crippen molar-refractivity contribution in [2.24, 2.45) is 52.3 Å². The van der Waals surface area contributed by atoms with Gasteiger partial charge in [-0.1, -0.05) is 33.3 Å². The van der Waals surface area contributed by atoms with Gasteiger partial charge in [0.2, 0.25) is 0 Å². The van der Waals surface area contributed by atoms with Crippen LogP contribution in [-0.4, -0.2) is 49.8 Å². The Labute approximate surface area is 270 Å². The van der Waals surface area contributed by atoms with Gasteiger partial charge in [0.05, 0.1) is 17.1 Å². The normalized spacial score (nSPS) is 38.3. The molecule has 1 aromatic rings. The monoisotopic (exact) mass is 670 g/mol. The Balaban J connectivity index is 1.26. The number of hydrogen-bond acceptors (Lipinski definition) is 6. The lowest BCUT2D eigenvalue weighted by Gasteiger charge is -2.57. The summed E-state index contributed by atoms with van der Waals surface area (Å²) in [5, 5.41) is 24.9. The van der Waals surface area contributed by atoms with Crippen LogP contribution in [-0.2, 0) is 10.0 Å². The molecule has 46 heavy (non-hydrogen) atoms. The summed E-state index contributed by atoms with van der Waals surface area (Å²) in [4.78, 5) is 12.4. The standard InChI is InChI=1S/C34H49F3N2O6S/c1-5-20(19-38-31(42)39-46(43,44)23-9-7-22(8-10-23)45-34(35,36)37)26-11-12-27-25-18-30(41)24(6-2)29-17-21(40)13-15-33(29,4)28(25)14-16-32(26,27)3/h5,7-10,20-21,24-30,40-41H,1,6,11-19H2,2-4H3,(H2,38,39,42)/t20-,21-,24-,25-,26-,27+,28?,29+,30?,32-,33?/m1/s1. The zero-order chi connectivity index (χ0) is 33.7. The fourth-order valence-corrected chi connectivity index (χ4v) is 11.5. The van der Waals surface area contributed by atoms with Gasteiger partial charge in [0.1, 0.15) is 5.75 Å². The van der Waals surface area contributed by atoms with Crippen LogP contribution in [0.1, 0.15) is 78.6 Å². The maximum Gasteiger partial charge on any atom is 0.573 e. The van der Waals surface area contributed by atoms with Crippen molar-refractivity contribution in [3.8, 4) is 5.75 Å². The first-order valence-electron chi connectivity index (χ1n) is 16.7. The smallest absolute Gasteiger partial charge is 0.406 e. The molecule has 258 valence electrons. The van der Waals surface area contributed by atoms with Crippen molar-refractivity contribution in [2.45, 2.75) is 102 Å². The minimum Gasteiger partial charge on any atom is -0.406 e. The summed E-state index contributed by atoms with van der Waals surface area (Å²) in [5.74, 6) is 1.29. The van der Waals surface area contributed by atoms with Gasteiger partial charge in [-0.25, -0.2) is 17.9 Å². The van der Waals surface area contributed by atoms with Crippen LogP contribution in [0.3, 0.4) is 0 Å². The lowest BCUT2D eigenvalue weighted by Crippen LogP contribution is -2.51. The van der Waals surface area contributed by atoms with Gasteiger partial charge in [-0.3, -0.25) is 0 Å². The fourth-order valence-electron chi connectivity index (χ4n) is 10.6. The number of hydrogen-bond donors (Lipinski definition) is 4. The first kappa shape index (κ1) is 35.0. The van der Waals surface area contributed by atoms with Crippen molar-refractivity contribution < 1.29 is 41.3 Å². The number of aliphatic hydroxyl groups is 2. The van der Waals surface area contributed by atoms with E-state index in [-0.39, 0.29) is 46.1 Å². The van der Waals surface area contributed by atoms with Gasteiger partial charge in [-0.2, -0.15) is 0 Å². The van der Waals surface area contributed by atoms with Crippen LogP contribution < -0.4 is 14.8 Å². The van der Waals surface area contributed by atoms with Crippen molar-refractivity contribution in [3.05, 3.63) is 36.9 Å². The molecule has 0 aromatic heterocycles. The number of sulfonamides is 1. The van der Waals surface area contributed by atoms with Crippen LogP contribution in [0.15, 0.2) is 41.8 Å². The van der Waals surface area contributed by atoms with Crippen LogP contribution >= 0.6 is 0 Å². The summed E-state index contributed by atoms with van der Waals surface area (Å²) < 4.78 is 68.5. The van der Waals surface area contributed by atoms with Crippen LogP contribution in [0.5, 0.6) is 5.75 Å². The predicted octanol–water partition coefficient (Wildman–Crippen LogP) is 6.39. The molecule has 0 radical (unpaired) electrons. The van der Waals surface area contributed by atoms with Crippen LogP contribution in [0.2, 0.25) is 0 Å². The molecule has 11 atom stereocenters. The Morgan fingerprint density at radius 1 is 1.04 bits per heavy atom. The minimum absolute atomic E-state index is 0.0315. The van der Waals surface area contributed by atoms with Crippen LogP contribution in [0.4, 0.5) is 18.0 Å². The lowest BCUT2D eigenvalue weighted by molar-refractivity contribution is -0.274. The number of ether oxygens (including phenoxy) is 1. The van der Waals surface area contributed by atoms with E-state index in [4.69, 9.17) is 0 Å². The summed E-state index contributed by atoms with van der Waals surface area (Å²) in [7, 11) is -4.34. The van der Waals surface area contributed by atoms with Gasteiger partial charge in [-0.05, 0) is 128 Å². The second-order valence-electron chi connectivity index (χ2n) is 14.8. The van der Waals surface area contributed by atoms with E-state index >= 15 is 0 Å². The van der Waals surface area contributed by atoms with Gasteiger partial charge in [0.15, 0.2) is 0 Å². The highest BCUT2D eigenvalue weighted by atomic mass is 32.2. The molecule has 0 spiro atoms. The minimum atomic E-state index is -4.91. The topological polar surface area (TPSA) is 125 Å². The third kappa shape index (κ3) is 6.67. The number of nitrogens with one attached hydrogen (secondary N) is 2. The zero-order valence-electron chi connectivity index (χ0n) is 26.9. The van der Waals surface area contributed by atoms with Crippen LogP contribution in [0, 0.1) is 52.3 Å². The first-order valence-corrected chi connectivity index (χ1v) is 18.2. The molecule has 0 bridgehead atoms. The molecule has 4 aliphatic carbocycles. The molecule has 0 saturated heterocycles. The van der Waals surface area contributed by atoms with E-state index in [1.165, 1.54) is 0 Å². The number of benzene rings is 1. The molecule has 4 aliphatic rings. The van der Waals surface area contributed by atoms with Gasteiger partial charge in [0.25, 0.3) is 10.0 Å². The SMILES string of the molecule is C=C[C@H](CNC(=O)NS(=O)(=O)c1ccc(OC(F)(F)F)cc1)[C@H]1CC[C@H]2[C@H]3CC(O)[C@H](CC)[C@@H]4C[C@H](O)CCC4(C)C3CC[C@]12C. The first-order chi connectivity index (χ1) is 21.5. The zero-order valence-corrected chi connectivity index (χ0v) is 27.7. The highest BCUT2D eigenvalue weighted by Crippen LogP contribution is 2.68. The van der Waals surface area contributed by atoms with Crippen molar-refractivity contribution in [2.75, 3.05) is 6.54 Å². The summed E-state index contributed by atoms with van der Waals surface area (Å²) in [6.45, 7) is 11.2. The molecule has 2 amide bonds. The van der Waals surface area contributed by atoms with E-state index in [9.17, 15) is 36.6 Å². The third-order valence-electron chi connectivity index (χ3n) is 12.7. The number of rotatable bonds is 8. The summed E-state index contributed by atoms with van der Waals surface area (Å²) >= 11 is 0. The van der Waals surface area contributed by atoms with Gasteiger partial charge in [-0.15, -0.1) is 19.8 Å². The number of amides is 2. The number of urea groups is 1. The summed E-state index contributed by atoms with van der Waals surface area (Å²) in [6, 6.07) is 2.68. The fraction of sp³-hybridized carbons (Fsp3) is 0.735. The summed E-state index contributed by atoms with van der Waals surface area (Å²) in [6.07, 6.45) is 4.53.